The molecule has 0 amide bonds. The van der Waals surface area contributed by atoms with E-state index in [1.807, 2.05) is 0 Å². The smallest absolute Gasteiger partial charge is 2.00 e. The zero-order valence-electron chi connectivity index (χ0n) is 8.38. The second-order valence-electron chi connectivity index (χ2n) is 0. The third-order valence-corrected chi connectivity index (χ3v) is 0. The van der Waals surface area contributed by atoms with Gasteiger partial charge in [-0.3, -0.25) is 0 Å². The molecule has 0 aliphatic rings. The molecule has 0 atom stereocenters. The van der Waals surface area contributed by atoms with Crippen LogP contribution in [0.3, 0.4) is 0 Å². The van der Waals surface area contributed by atoms with Gasteiger partial charge in [0.2, 0.25) is 0 Å². The molecule has 0 N–H and O–H groups in total. The summed E-state index contributed by atoms with van der Waals surface area (Å²) in [6, 6.07) is 0. The van der Waals surface area contributed by atoms with E-state index in [9.17, 15) is 0 Å². The van der Waals surface area contributed by atoms with Gasteiger partial charge in [-0.05, 0) is 0 Å². The van der Waals surface area contributed by atoms with Crippen molar-refractivity contribution in [3.8, 4) is 0 Å². The first-order valence-corrected chi connectivity index (χ1v) is 0. The fourth-order valence-electron chi connectivity index (χ4n) is 0. The van der Waals surface area contributed by atoms with Crippen molar-refractivity contribution < 1.29 is 102 Å². The third-order valence-electron chi connectivity index (χ3n) is 0. The van der Waals surface area contributed by atoms with Gasteiger partial charge >= 0.3 is 67.1 Å². The molecule has 0 aromatic rings. The summed E-state index contributed by atoms with van der Waals surface area (Å²) in [5.41, 5.74) is 0. The summed E-state index contributed by atoms with van der Waals surface area (Å²) in [5, 5.41) is 0. The average Bonchev–Trinajstić information content (AvgIpc) is 0. The molecule has 0 heterocycles. The second-order valence-corrected chi connectivity index (χ2v) is 0. The summed E-state index contributed by atoms with van der Waals surface area (Å²) in [4.78, 5) is 0. The predicted molar refractivity (Wildman–Crippen MR) is 8.99 cm³/mol. The minimum atomic E-state index is 0. The maximum atomic E-state index is 0. The SMILES string of the molecule is [H-].[H-].[H-].[H-].[H-].[Nb+5].[Nb+5].[Nb+5].[O-2].[O-2].[O-2].[O-2].[O-2]. The zero-order chi connectivity index (χ0) is 0. The van der Waals surface area contributed by atoms with Crippen molar-refractivity contribution in [2.24, 2.45) is 0 Å². The minimum Gasteiger partial charge on any atom is -2.00 e. The largest absolute Gasteiger partial charge is 5.00 e. The third kappa shape index (κ3) is 96.8. The van der Waals surface area contributed by atoms with Crippen LogP contribution in [0.4, 0.5) is 0 Å². The Hall–Kier alpha value is 2.02. The van der Waals surface area contributed by atoms with Gasteiger partial charge in [-0.1, -0.05) is 0 Å². The molecule has 0 aromatic heterocycles. The van der Waals surface area contributed by atoms with Gasteiger partial charge in [0.05, 0.1) is 0 Å². The van der Waals surface area contributed by atoms with Crippen molar-refractivity contribution in [2.75, 3.05) is 0 Å². The summed E-state index contributed by atoms with van der Waals surface area (Å²) >= 11 is 0. The van der Waals surface area contributed by atoms with Gasteiger partial charge < -0.3 is 34.5 Å². The van der Waals surface area contributed by atoms with E-state index in [0.29, 0.717) is 0 Å². The topological polar surface area (TPSA) is 142 Å². The predicted octanol–water partition coefficient (Wildman–Crippen LogP) is -0.0390. The fourth-order valence-corrected chi connectivity index (χ4v) is 0. The van der Waals surface area contributed by atoms with Crippen molar-refractivity contribution in [3.63, 3.8) is 0 Å². The quantitative estimate of drug-likeness (QED) is 0.532. The Morgan fingerprint density at radius 2 is 0.375 bits per heavy atom. The Balaban J connectivity index is 0. The Morgan fingerprint density at radius 3 is 0.375 bits per heavy atom. The molecular weight excluding hydrogens is 359 g/mol. The summed E-state index contributed by atoms with van der Waals surface area (Å²) < 4.78 is 0. The summed E-state index contributed by atoms with van der Waals surface area (Å²) in [5.74, 6) is 0. The summed E-state index contributed by atoms with van der Waals surface area (Å²) in [6.45, 7) is 0. The monoisotopic (exact) mass is 364 g/mol. The van der Waals surface area contributed by atoms with Crippen LogP contribution in [-0.4, -0.2) is 0 Å². The zero-order valence-corrected chi connectivity index (χ0v) is 9.98. The Kier molecular flexibility index (Phi) is 3550. The molecule has 0 bridgehead atoms. The van der Waals surface area contributed by atoms with E-state index in [0.717, 1.165) is 0 Å². The van der Waals surface area contributed by atoms with Crippen LogP contribution in [0.2, 0.25) is 0 Å². The molecule has 50 valence electrons. The molecule has 0 unspecified atom stereocenters. The average molecular weight is 364 g/mol. The minimum absolute atomic E-state index is 0. The van der Waals surface area contributed by atoms with Crippen LogP contribution < -0.4 is 0 Å². The molecule has 8 heavy (non-hydrogen) atoms. The van der Waals surface area contributed by atoms with Crippen molar-refractivity contribution in [1.29, 1.82) is 0 Å². The Morgan fingerprint density at radius 1 is 0.375 bits per heavy atom. The first kappa shape index (κ1) is 200. The Bertz CT molecular complexity index is 20.1. The van der Waals surface area contributed by atoms with Gasteiger partial charge in [0.25, 0.3) is 0 Å². The molecule has 8 heteroatoms. The van der Waals surface area contributed by atoms with Crippen molar-refractivity contribution in [1.82, 2.24) is 0 Å². The molecule has 0 saturated carbocycles. The van der Waals surface area contributed by atoms with Gasteiger partial charge in [0.1, 0.15) is 0 Å². The molecule has 5 nitrogen and oxygen atoms in total. The van der Waals surface area contributed by atoms with Gasteiger partial charge in [0, 0.05) is 0 Å². The van der Waals surface area contributed by atoms with E-state index in [2.05, 4.69) is 0 Å². The van der Waals surface area contributed by atoms with Gasteiger partial charge in [0.15, 0.2) is 0 Å². The van der Waals surface area contributed by atoms with Gasteiger partial charge in [-0.15, -0.1) is 0 Å². The molecule has 0 radical (unpaired) electrons. The van der Waals surface area contributed by atoms with Crippen LogP contribution in [0.1, 0.15) is 7.13 Å². The van der Waals surface area contributed by atoms with Crippen LogP contribution in [0.15, 0.2) is 0 Å². The molecule has 0 aromatic carbocycles. The normalized spacial score (nSPS) is 0. The molecule has 0 fully saturated rings. The molecule has 0 aliphatic carbocycles. The van der Waals surface area contributed by atoms with E-state index < -0.39 is 0 Å². The van der Waals surface area contributed by atoms with E-state index in [-0.39, 0.29) is 102 Å². The van der Waals surface area contributed by atoms with Crippen LogP contribution in [0.25, 0.3) is 0 Å². The summed E-state index contributed by atoms with van der Waals surface area (Å²) in [6.07, 6.45) is 0. The van der Waals surface area contributed by atoms with Crippen LogP contribution in [0.5, 0.6) is 0 Å². The van der Waals surface area contributed by atoms with E-state index >= 15 is 0 Å². The maximum Gasteiger partial charge on any atom is 5.00 e. The van der Waals surface area contributed by atoms with Crippen LogP contribution in [0, 0.1) is 0 Å². The fraction of sp³-hybridized carbons (Fsp3) is 0. The maximum absolute atomic E-state index is 0. The van der Waals surface area contributed by atoms with Crippen molar-refractivity contribution in [3.05, 3.63) is 0 Å². The number of rotatable bonds is 0. The molecule has 0 rings (SSSR count). The first-order chi connectivity index (χ1) is 0. The Labute approximate surface area is 101 Å². The number of hydrogen-bond acceptors (Lipinski definition) is 0. The number of hydrogen-bond donors (Lipinski definition) is 0. The van der Waals surface area contributed by atoms with Crippen LogP contribution in [-0.2, 0) is 94.5 Å². The second kappa shape index (κ2) is 142. The van der Waals surface area contributed by atoms with E-state index in [1.54, 1.807) is 0 Å². The van der Waals surface area contributed by atoms with Crippen molar-refractivity contribution in [2.45, 2.75) is 0 Å². The first-order valence-electron chi connectivity index (χ1n) is 0. The standard InChI is InChI=1S/3Nb.5O.5H/q3*+5;5*-2;5*-1. The van der Waals surface area contributed by atoms with Gasteiger partial charge in [-0.25, -0.2) is 0 Å². The molecule has 0 aliphatic heterocycles. The molecule has 0 saturated heterocycles. The van der Waals surface area contributed by atoms with Gasteiger partial charge in [-0.2, -0.15) is 0 Å². The molecule has 0 spiro atoms. The van der Waals surface area contributed by atoms with E-state index in [1.165, 1.54) is 0 Å². The molecular formula is H5Nb3O5. The van der Waals surface area contributed by atoms with E-state index in [4.69, 9.17) is 0 Å². The van der Waals surface area contributed by atoms with Crippen molar-refractivity contribution >= 4 is 0 Å². The summed E-state index contributed by atoms with van der Waals surface area (Å²) in [7, 11) is 0. The van der Waals surface area contributed by atoms with Crippen LogP contribution >= 0.6 is 0 Å².